The van der Waals surface area contributed by atoms with Crippen molar-refractivity contribution in [1.82, 2.24) is 0 Å². The summed E-state index contributed by atoms with van der Waals surface area (Å²) in [5, 5.41) is 0. The van der Waals surface area contributed by atoms with Crippen molar-refractivity contribution in [2.75, 3.05) is 0 Å². The van der Waals surface area contributed by atoms with E-state index in [4.69, 9.17) is 5.73 Å². The topological polar surface area (TPSA) is 26.0 Å². The zero-order valence-corrected chi connectivity index (χ0v) is 14.5. The summed E-state index contributed by atoms with van der Waals surface area (Å²) in [7, 11) is 0. The van der Waals surface area contributed by atoms with Gasteiger partial charge < -0.3 is 5.73 Å². The number of benzene rings is 1. The second-order valence-corrected chi connectivity index (χ2v) is 6.72. The molecule has 0 spiro atoms. The molecule has 0 aromatic heterocycles. The third-order valence-corrected chi connectivity index (χ3v) is 4.21. The van der Waals surface area contributed by atoms with Crippen molar-refractivity contribution in [2.24, 2.45) is 5.73 Å². The number of nitrogens with two attached hydrogens (primary N) is 1. The molecule has 2 N–H and O–H groups in total. The predicted octanol–water partition coefficient (Wildman–Crippen LogP) is 5.70. The van der Waals surface area contributed by atoms with Crippen molar-refractivity contribution in [3.05, 3.63) is 34.9 Å². The number of hydrogen-bond donors (Lipinski definition) is 1. The zero-order chi connectivity index (χ0) is 15.5. The summed E-state index contributed by atoms with van der Waals surface area (Å²) >= 11 is 0. The van der Waals surface area contributed by atoms with E-state index in [1.165, 1.54) is 74.5 Å². The molecule has 0 heterocycles. The molecule has 21 heavy (non-hydrogen) atoms. The summed E-state index contributed by atoms with van der Waals surface area (Å²) in [4.78, 5) is 0. The van der Waals surface area contributed by atoms with E-state index >= 15 is 0 Å². The second-order valence-electron chi connectivity index (χ2n) is 6.72. The van der Waals surface area contributed by atoms with E-state index in [-0.39, 0.29) is 0 Å². The largest absolute Gasteiger partial charge is 0.327 e. The Balaban J connectivity index is 2.09. The van der Waals surface area contributed by atoms with Gasteiger partial charge in [0.15, 0.2) is 0 Å². The first-order valence-corrected chi connectivity index (χ1v) is 8.94. The molecule has 1 aromatic rings. The quantitative estimate of drug-likeness (QED) is 0.519. The maximum atomic E-state index is 6.29. The zero-order valence-electron chi connectivity index (χ0n) is 14.5. The highest BCUT2D eigenvalue weighted by molar-refractivity contribution is 5.29. The van der Waals surface area contributed by atoms with Crippen LogP contribution in [0.1, 0.15) is 81.4 Å². The van der Waals surface area contributed by atoms with E-state index in [9.17, 15) is 0 Å². The van der Waals surface area contributed by atoms with Gasteiger partial charge in [-0.15, -0.1) is 0 Å². The Labute approximate surface area is 132 Å². The van der Waals surface area contributed by atoms with Crippen LogP contribution >= 0.6 is 0 Å². The molecular weight excluding hydrogens is 254 g/mol. The Morgan fingerprint density at radius 3 is 1.90 bits per heavy atom. The van der Waals surface area contributed by atoms with Crippen molar-refractivity contribution < 1.29 is 0 Å². The van der Waals surface area contributed by atoms with Gasteiger partial charge >= 0.3 is 0 Å². The van der Waals surface area contributed by atoms with Gasteiger partial charge in [0.05, 0.1) is 0 Å². The van der Waals surface area contributed by atoms with Crippen molar-refractivity contribution in [3.8, 4) is 0 Å². The fraction of sp³-hybridized carbons (Fsp3) is 0.700. The summed E-state index contributed by atoms with van der Waals surface area (Å²) in [6.45, 7) is 6.61. The van der Waals surface area contributed by atoms with Crippen molar-refractivity contribution in [3.63, 3.8) is 0 Å². The van der Waals surface area contributed by atoms with Crippen LogP contribution in [0.5, 0.6) is 0 Å². The molecule has 120 valence electrons. The summed E-state index contributed by atoms with van der Waals surface area (Å²) < 4.78 is 0. The normalized spacial score (nSPS) is 12.6. The lowest BCUT2D eigenvalue weighted by atomic mass is 9.98. The van der Waals surface area contributed by atoms with Gasteiger partial charge in [-0.05, 0) is 32.3 Å². The van der Waals surface area contributed by atoms with Crippen LogP contribution in [0.4, 0.5) is 0 Å². The van der Waals surface area contributed by atoms with Gasteiger partial charge in [-0.25, -0.2) is 0 Å². The fourth-order valence-electron chi connectivity index (χ4n) is 3.13. The molecule has 0 aliphatic heterocycles. The summed E-state index contributed by atoms with van der Waals surface area (Å²) in [5.41, 5.74) is 10.4. The minimum Gasteiger partial charge on any atom is -0.327 e. The van der Waals surface area contributed by atoms with Crippen LogP contribution in [0.15, 0.2) is 18.2 Å². The van der Waals surface area contributed by atoms with E-state index in [1.807, 2.05) is 0 Å². The molecule has 1 aromatic carbocycles. The van der Waals surface area contributed by atoms with Crippen LogP contribution in [-0.4, -0.2) is 6.04 Å². The maximum Gasteiger partial charge on any atom is 0.00793 e. The SMILES string of the molecule is CCCCCCCCCCC(N)Cc1cc(C)cc(C)c1. The molecule has 0 radical (unpaired) electrons. The lowest BCUT2D eigenvalue weighted by Crippen LogP contribution is -2.22. The maximum absolute atomic E-state index is 6.29. The Kier molecular flexibility index (Phi) is 9.41. The Morgan fingerprint density at radius 1 is 0.810 bits per heavy atom. The Bertz CT molecular complexity index is 363. The molecule has 0 saturated carbocycles. The lowest BCUT2D eigenvalue weighted by molar-refractivity contribution is 0.524. The molecule has 1 heteroatoms. The third-order valence-electron chi connectivity index (χ3n) is 4.21. The summed E-state index contributed by atoms with van der Waals surface area (Å²) in [5.74, 6) is 0. The highest BCUT2D eigenvalue weighted by Gasteiger charge is 2.05. The highest BCUT2D eigenvalue weighted by Crippen LogP contribution is 2.14. The summed E-state index contributed by atoms with van der Waals surface area (Å²) in [6.07, 6.45) is 13.2. The average Bonchev–Trinajstić information content (AvgIpc) is 2.40. The molecule has 1 nitrogen and oxygen atoms in total. The number of aryl methyl sites for hydroxylation is 2. The number of unbranched alkanes of at least 4 members (excludes halogenated alkanes) is 7. The first kappa shape index (κ1) is 18.2. The highest BCUT2D eigenvalue weighted by atomic mass is 14.6. The Hall–Kier alpha value is -0.820. The number of rotatable bonds is 11. The van der Waals surface area contributed by atoms with Crippen LogP contribution in [-0.2, 0) is 6.42 Å². The number of hydrogen-bond acceptors (Lipinski definition) is 1. The lowest BCUT2D eigenvalue weighted by Gasteiger charge is -2.13. The molecule has 0 aliphatic rings. The van der Waals surface area contributed by atoms with Gasteiger partial charge in [0.25, 0.3) is 0 Å². The minimum absolute atomic E-state index is 0.325. The van der Waals surface area contributed by atoms with Gasteiger partial charge in [0.1, 0.15) is 0 Å². The first-order valence-electron chi connectivity index (χ1n) is 8.94. The molecule has 0 saturated heterocycles. The Morgan fingerprint density at radius 2 is 1.33 bits per heavy atom. The van der Waals surface area contributed by atoms with Crippen molar-refractivity contribution in [2.45, 2.75) is 91.0 Å². The minimum atomic E-state index is 0.325. The molecule has 0 bridgehead atoms. The predicted molar refractivity (Wildman–Crippen MR) is 94.8 cm³/mol. The molecule has 0 fully saturated rings. The van der Waals surface area contributed by atoms with E-state index < -0.39 is 0 Å². The van der Waals surface area contributed by atoms with E-state index in [0.717, 1.165) is 6.42 Å². The van der Waals surface area contributed by atoms with E-state index in [2.05, 4.69) is 39.0 Å². The molecule has 0 amide bonds. The van der Waals surface area contributed by atoms with Crippen molar-refractivity contribution in [1.29, 1.82) is 0 Å². The average molecular weight is 290 g/mol. The van der Waals surface area contributed by atoms with Gasteiger partial charge in [0, 0.05) is 6.04 Å². The van der Waals surface area contributed by atoms with Gasteiger partial charge in [-0.1, -0.05) is 87.6 Å². The standard InChI is InChI=1S/C20H35N/c1-4-5-6-7-8-9-10-11-12-20(21)16-19-14-17(2)13-18(3)15-19/h13-15,20H,4-12,16,21H2,1-3H3. The van der Waals surface area contributed by atoms with Crippen LogP contribution in [0.3, 0.4) is 0 Å². The van der Waals surface area contributed by atoms with Crippen LogP contribution in [0, 0.1) is 13.8 Å². The molecule has 1 atom stereocenters. The smallest absolute Gasteiger partial charge is 0.00793 e. The van der Waals surface area contributed by atoms with Crippen LogP contribution in [0.2, 0.25) is 0 Å². The molecule has 0 aliphatic carbocycles. The monoisotopic (exact) mass is 289 g/mol. The van der Waals surface area contributed by atoms with Crippen LogP contribution in [0.25, 0.3) is 0 Å². The van der Waals surface area contributed by atoms with E-state index in [1.54, 1.807) is 0 Å². The first-order chi connectivity index (χ1) is 10.1. The molecular formula is C20H35N. The second kappa shape index (κ2) is 10.8. The van der Waals surface area contributed by atoms with E-state index in [0.29, 0.717) is 6.04 Å². The summed E-state index contributed by atoms with van der Waals surface area (Å²) in [6, 6.07) is 7.11. The third kappa shape index (κ3) is 8.93. The van der Waals surface area contributed by atoms with Crippen LogP contribution < -0.4 is 5.73 Å². The van der Waals surface area contributed by atoms with Gasteiger partial charge in [-0.3, -0.25) is 0 Å². The van der Waals surface area contributed by atoms with Gasteiger partial charge in [0.2, 0.25) is 0 Å². The van der Waals surface area contributed by atoms with Crippen molar-refractivity contribution >= 4 is 0 Å². The fourth-order valence-corrected chi connectivity index (χ4v) is 3.13. The van der Waals surface area contributed by atoms with Gasteiger partial charge in [-0.2, -0.15) is 0 Å². The molecule has 1 unspecified atom stereocenters. The molecule has 1 rings (SSSR count).